The van der Waals surface area contributed by atoms with Crippen LogP contribution in [0.1, 0.15) is 18.1 Å². The summed E-state index contributed by atoms with van der Waals surface area (Å²) < 4.78 is 5.55. The van der Waals surface area contributed by atoms with Crippen LogP contribution in [0, 0.1) is 0 Å². The van der Waals surface area contributed by atoms with Crippen LogP contribution < -0.4 is 10.5 Å². The molecule has 2 nitrogen and oxygen atoms in total. The molecular formula is C16H19NO. The molecule has 2 aromatic carbocycles. The van der Waals surface area contributed by atoms with Gasteiger partial charge in [-0.3, -0.25) is 0 Å². The Morgan fingerprint density at radius 3 is 2.17 bits per heavy atom. The molecular weight excluding hydrogens is 222 g/mol. The van der Waals surface area contributed by atoms with Crippen molar-refractivity contribution < 1.29 is 4.74 Å². The lowest BCUT2D eigenvalue weighted by molar-refractivity contribution is 0.296. The zero-order valence-electron chi connectivity index (χ0n) is 10.7. The van der Waals surface area contributed by atoms with Crippen molar-refractivity contribution in [1.82, 2.24) is 0 Å². The average Bonchev–Trinajstić information content (AvgIpc) is 2.39. The first-order chi connectivity index (χ1) is 8.74. The Kier molecular flexibility index (Phi) is 4.37. The lowest BCUT2D eigenvalue weighted by Crippen LogP contribution is -2.23. The van der Waals surface area contributed by atoms with Crippen LogP contribution in [0.3, 0.4) is 0 Å². The molecule has 0 radical (unpaired) electrons. The second-order valence-electron chi connectivity index (χ2n) is 4.59. The highest BCUT2D eigenvalue weighted by Crippen LogP contribution is 2.15. The molecule has 94 valence electrons. The van der Waals surface area contributed by atoms with Crippen LogP contribution in [0.2, 0.25) is 0 Å². The van der Waals surface area contributed by atoms with Gasteiger partial charge in [-0.2, -0.15) is 0 Å². The predicted molar refractivity (Wildman–Crippen MR) is 74.8 cm³/mol. The van der Waals surface area contributed by atoms with E-state index in [4.69, 9.17) is 10.5 Å². The molecule has 0 spiro atoms. The summed E-state index contributed by atoms with van der Waals surface area (Å²) in [5.41, 5.74) is 8.25. The van der Waals surface area contributed by atoms with E-state index in [1.54, 1.807) is 0 Å². The Balaban J connectivity index is 1.95. The van der Waals surface area contributed by atoms with Gasteiger partial charge in [0.1, 0.15) is 12.4 Å². The third kappa shape index (κ3) is 3.90. The fraction of sp³-hybridized carbons (Fsp3) is 0.250. The van der Waals surface area contributed by atoms with Crippen LogP contribution in [-0.4, -0.2) is 12.6 Å². The summed E-state index contributed by atoms with van der Waals surface area (Å²) in [5.74, 6) is 0.879. The SMILES string of the molecule is C[C@@H](N)COc1ccc(Cc2ccccc2)cc1. The van der Waals surface area contributed by atoms with E-state index in [0.29, 0.717) is 6.61 Å². The summed E-state index contributed by atoms with van der Waals surface area (Å²) in [6.07, 6.45) is 0.953. The summed E-state index contributed by atoms with van der Waals surface area (Å²) >= 11 is 0. The van der Waals surface area contributed by atoms with E-state index in [9.17, 15) is 0 Å². The Labute approximate surface area is 108 Å². The minimum absolute atomic E-state index is 0.0639. The van der Waals surface area contributed by atoms with Crippen molar-refractivity contribution in [3.63, 3.8) is 0 Å². The molecule has 0 fully saturated rings. The van der Waals surface area contributed by atoms with Gasteiger partial charge >= 0.3 is 0 Å². The fourth-order valence-corrected chi connectivity index (χ4v) is 1.76. The first-order valence-electron chi connectivity index (χ1n) is 6.25. The van der Waals surface area contributed by atoms with Gasteiger partial charge in [0, 0.05) is 6.04 Å². The van der Waals surface area contributed by atoms with E-state index in [0.717, 1.165) is 12.2 Å². The topological polar surface area (TPSA) is 35.2 Å². The first-order valence-corrected chi connectivity index (χ1v) is 6.25. The van der Waals surface area contributed by atoms with Crippen LogP contribution in [0.25, 0.3) is 0 Å². The Bertz CT molecular complexity index is 462. The van der Waals surface area contributed by atoms with Crippen LogP contribution in [-0.2, 0) is 6.42 Å². The number of nitrogens with two attached hydrogens (primary N) is 1. The summed E-state index contributed by atoms with van der Waals surface area (Å²) in [6, 6.07) is 18.7. The monoisotopic (exact) mass is 241 g/mol. The van der Waals surface area contributed by atoms with Crippen molar-refractivity contribution >= 4 is 0 Å². The van der Waals surface area contributed by atoms with Crippen molar-refractivity contribution in [3.8, 4) is 5.75 Å². The third-order valence-corrected chi connectivity index (χ3v) is 2.69. The number of benzene rings is 2. The molecule has 0 bridgehead atoms. The van der Waals surface area contributed by atoms with Gasteiger partial charge in [0.05, 0.1) is 0 Å². The highest BCUT2D eigenvalue weighted by molar-refractivity contribution is 5.31. The second-order valence-corrected chi connectivity index (χ2v) is 4.59. The Hall–Kier alpha value is -1.80. The van der Waals surface area contributed by atoms with Gasteiger partial charge in [-0.25, -0.2) is 0 Å². The third-order valence-electron chi connectivity index (χ3n) is 2.69. The predicted octanol–water partition coefficient (Wildman–Crippen LogP) is 3.00. The Morgan fingerprint density at radius 2 is 1.56 bits per heavy atom. The summed E-state index contributed by atoms with van der Waals surface area (Å²) in [7, 11) is 0. The largest absolute Gasteiger partial charge is 0.492 e. The minimum atomic E-state index is 0.0639. The first kappa shape index (κ1) is 12.7. The standard InChI is InChI=1S/C16H19NO/c1-13(17)12-18-16-9-7-15(8-10-16)11-14-5-3-2-4-6-14/h2-10,13H,11-12,17H2,1H3/t13-/m1/s1. The molecule has 0 unspecified atom stereocenters. The second kappa shape index (κ2) is 6.22. The van der Waals surface area contributed by atoms with Crippen LogP contribution in [0.4, 0.5) is 0 Å². The van der Waals surface area contributed by atoms with Gasteiger partial charge in [0.15, 0.2) is 0 Å². The van der Waals surface area contributed by atoms with E-state index in [2.05, 4.69) is 36.4 Å². The van der Waals surface area contributed by atoms with Gasteiger partial charge in [0.2, 0.25) is 0 Å². The fourth-order valence-electron chi connectivity index (χ4n) is 1.76. The molecule has 0 aliphatic heterocycles. The molecule has 0 heterocycles. The number of rotatable bonds is 5. The molecule has 18 heavy (non-hydrogen) atoms. The quantitative estimate of drug-likeness (QED) is 0.873. The maximum absolute atomic E-state index is 5.65. The molecule has 2 rings (SSSR count). The van der Waals surface area contributed by atoms with Crippen molar-refractivity contribution in [2.75, 3.05) is 6.61 Å². The highest BCUT2D eigenvalue weighted by atomic mass is 16.5. The van der Waals surface area contributed by atoms with Crippen LogP contribution in [0.15, 0.2) is 54.6 Å². The molecule has 2 N–H and O–H groups in total. The summed E-state index contributed by atoms with van der Waals surface area (Å²) in [4.78, 5) is 0. The van der Waals surface area contributed by atoms with Gasteiger partial charge in [-0.05, 0) is 36.6 Å². The summed E-state index contributed by atoms with van der Waals surface area (Å²) in [6.45, 7) is 2.49. The normalized spacial score (nSPS) is 12.1. The van der Waals surface area contributed by atoms with Crippen molar-refractivity contribution in [3.05, 3.63) is 65.7 Å². The molecule has 0 saturated heterocycles. The van der Waals surface area contributed by atoms with Gasteiger partial charge in [0.25, 0.3) is 0 Å². The van der Waals surface area contributed by atoms with Crippen LogP contribution in [0.5, 0.6) is 5.75 Å². The number of ether oxygens (including phenoxy) is 1. The van der Waals surface area contributed by atoms with Gasteiger partial charge in [-0.1, -0.05) is 42.5 Å². The maximum atomic E-state index is 5.65. The average molecular weight is 241 g/mol. The van der Waals surface area contributed by atoms with Crippen molar-refractivity contribution in [2.24, 2.45) is 5.73 Å². The highest BCUT2D eigenvalue weighted by Gasteiger charge is 1.99. The molecule has 2 heteroatoms. The zero-order valence-corrected chi connectivity index (χ0v) is 10.7. The van der Waals surface area contributed by atoms with E-state index < -0.39 is 0 Å². The number of hydrogen-bond donors (Lipinski definition) is 1. The minimum Gasteiger partial charge on any atom is -0.492 e. The molecule has 0 saturated carbocycles. The number of hydrogen-bond acceptors (Lipinski definition) is 2. The molecule has 2 aromatic rings. The smallest absolute Gasteiger partial charge is 0.119 e. The lowest BCUT2D eigenvalue weighted by atomic mass is 10.1. The van der Waals surface area contributed by atoms with Gasteiger partial charge < -0.3 is 10.5 Å². The molecule has 1 atom stereocenters. The molecule has 0 aliphatic rings. The zero-order chi connectivity index (χ0) is 12.8. The van der Waals surface area contributed by atoms with Gasteiger partial charge in [-0.15, -0.1) is 0 Å². The van der Waals surface area contributed by atoms with E-state index >= 15 is 0 Å². The van der Waals surface area contributed by atoms with E-state index in [1.165, 1.54) is 11.1 Å². The van der Waals surface area contributed by atoms with E-state index in [1.807, 2.05) is 25.1 Å². The molecule has 0 aromatic heterocycles. The van der Waals surface area contributed by atoms with Crippen LogP contribution >= 0.6 is 0 Å². The molecule has 0 aliphatic carbocycles. The molecule has 0 amide bonds. The van der Waals surface area contributed by atoms with Crippen molar-refractivity contribution in [1.29, 1.82) is 0 Å². The van der Waals surface area contributed by atoms with E-state index in [-0.39, 0.29) is 6.04 Å². The summed E-state index contributed by atoms with van der Waals surface area (Å²) in [5, 5.41) is 0. The lowest BCUT2D eigenvalue weighted by Gasteiger charge is -2.09. The van der Waals surface area contributed by atoms with Crippen molar-refractivity contribution in [2.45, 2.75) is 19.4 Å². The Morgan fingerprint density at radius 1 is 0.944 bits per heavy atom. The maximum Gasteiger partial charge on any atom is 0.119 e.